The lowest BCUT2D eigenvalue weighted by Gasteiger charge is -2.07. The summed E-state index contributed by atoms with van der Waals surface area (Å²) in [6, 6.07) is 0. The normalized spacial score (nSPS) is 11.7. The van der Waals surface area contributed by atoms with Crippen molar-refractivity contribution in [3.05, 3.63) is 32.2 Å². The number of unbranched alkanes of at least 4 members (excludes halogenated alkanes) is 3. The first-order chi connectivity index (χ1) is 12.8. The fourth-order valence-electron chi connectivity index (χ4n) is 3.64. The van der Waals surface area contributed by atoms with Gasteiger partial charge in [-0.2, -0.15) is 4.98 Å². The van der Waals surface area contributed by atoms with Crippen LogP contribution in [-0.4, -0.2) is 28.9 Å². The summed E-state index contributed by atoms with van der Waals surface area (Å²) in [5.41, 5.74) is 1.69. The Morgan fingerprint density at radius 1 is 1.04 bits per heavy atom. The minimum absolute atomic E-state index is 0.232. The molecule has 0 fully saturated rings. The van der Waals surface area contributed by atoms with Crippen molar-refractivity contribution in [1.82, 2.24) is 23.1 Å². The average Bonchev–Trinajstić information content (AvgIpc) is 3.11. The number of ketones is 1. The van der Waals surface area contributed by atoms with E-state index in [0.29, 0.717) is 16.9 Å². The molecule has 0 saturated heterocycles. The SMILES string of the molecule is CCCCCCn1c(C)c(C)n2c3c(=O)n(CC(C)=O)c(=O)n(C)c3nc12. The predicted octanol–water partition coefficient (Wildman–Crippen LogP) is 1.94. The van der Waals surface area contributed by atoms with Crippen molar-refractivity contribution in [2.75, 3.05) is 0 Å². The van der Waals surface area contributed by atoms with E-state index in [-0.39, 0.29) is 12.3 Å². The molecule has 27 heavy (non-hydrogen) atoms. The summed E-state index contributed by atoms with van der Waals surface area (Å²) in [5.74, 6) is 0.430. The van der Waals surface area contributed by atoms with Gasteiger partial charge in [-0.15, -0.1) is 0 Å². The summed E-state index contributed by atoms with van der Waals surface area (Å²) in [6.45, 7) is 8.10. The third-order valence-corrected chi connectivity index (χ3v) is 5.25. The van der Waals surface area contributed by atoms with Crippen LogP contribution < -0.4 is 11.2 Å². The number of carbonyl (C=O) groups is 1. The Kier molecular flexibility index (Phi) is 5.08. The molecule has 0 aliphatic rings. The van der Waals surface area contributed by atoms with Crippen LogP contribution in [0, 0.1) is 13.8 Å². The molecule has 0 spiro atoms. The first-order valence-electron chi connectivity index (χ1n) is 9.46. The van der Waals surface area contributed by atoms with Crippen molar-refractivity contribution in [3.8, 4) is 0 Å². The van der Waals surface area contributed by atoms with Gasteiger partial charge in [0, 0.05) is 25.0 Å². The molecule has 3 aromatic heterocycles. The lowest BCUT2D eigenvalue weighted by Crippen LogP contribution is -2.40. The third-order valence-electron chi connectivity index (χ3n) is 5.25. The molecule has 3 aromatic rings. The molecule has 3 heterocycles. The maximum Gasteiger partial charge on any atom is 0.332 e. The van der Waals surface area contributed by atoms with Gasteiger partial charge in [-0.25, -0.2) is 4.79 Å². The number of Topliss-reactive ketones (excluding diaryl/α,β-unsaturated/α-hetero) is 1. The van der Waals surface area contributed by atoms with Crippen LogP contribution in [0.5, 0.6) is 0 Å². The van der Waals surface area contributed by atoms with Crippen molar-refractivity contribution in [3.63, 3.8) is 0 Å². The Bertz CT molecular complexity index is 1140. The zero-order valence-electron chi connectivity index (χ0n) is 16.7. The van der Waals surface area contributed by atoms with Crippen LogP contribution in [0.1, 0.15) is 50.9 Å². The second-order valence-electron chi connectivity index (χ2n) is 7.24. The third kappa shape index (κ3) is 3.02. The number of aromatic nitrogens is 5. The summed E-state index contributed by atoms with van der Waals surface area (Å²) in [4.78, 5) is 41.7. The summed E-state index contributed by atoms with van der Waals surface area (Å²) in [7, 11) is 1.58. The largest absolute Gasteiger partial charge is 0.332 e. The molecule has 0 aliphatic heterocycles. The molecule has 0 saturated carbocycles. The molecular formula is C19H27N5O3. The van der Waals surface area contributed by atoms with Gasteiger partial charge in [0.05, 0.1) is 6.54 Å². The van der Waals surface area contributed by atoms with E-state index in [0.717, 1.165) is 35.3 Å². The molecule has 0 radical (unpaired) electrons. The van der Waals surface area contributed by atoms with E-state index in [1.54, 1.807) is 7.05 Å². The second kappa shape index (κ2) is 7.17. The van der Waals surface area contributed by atoms with Crippen LogP contribution in [0.3, 0.4) is 0 Å². The van der Waals surface area contributed by atoms with Crippen LogP contribution in [-0.2, 0) is 24.9 Å². The van der Waals surface area contributed by atoms with Gasteiger partial charge < -0.3 is 4.57 Å². The first kappa shape index (κ1) is 19.1. The first-order valence-corrected chi connectivity index (χ1v) is 9.46. The fourth-order valence-corrected chi connectivity index (χ4v) is 3.64. The molecule has 0 atom stereocenters. The summed E-state index contributed by atoms with van der Waals surface area (Å²) >= 11 is 0. The Hall–Kier alpha value is -2.64. The molecule has 0 amide bonds. The Morgan fingerprint density at radius 2 is 1.74 bits per heavy atom. The highest BCUT2D eigenvalue weighted by atomic mass is 16.2. The van der Waals surface area contributed by atoms with E-state index in [1.807, 2.05) is 18.2 Å². The standard InChI is InChI=1S/C19H27N5O3/c1-6-7-8-9-10-22-13(3)14(4)24-15-16(20-18(22)24)21(5)19(27)23(17(15)26)11-12(2)25/h6-11H2,1-5H3. The number of carbonyl (C=O) groups excluding carboxylic acids is 1. The number of hydrogen-bond acceptors (Lipinski definition) is 4. The molecule has 8 nitrogen and oxygen atoms in total. The van der Waals surface area contributed by atoms with Crippen molar-refractivity contribution >= 4 is 22.7 Å². The fraction of sp³-hybridized carbons (Fsp3) is 0.579. The van der Waals surface area contributed by atoms with E-state index in [4.69, 9.17) is 0 Å². The highest BCUT2D eigenvalue weighted by Gasteiger charge is 2.22. The summed E-state index contributed by atoms with van der Waals surface area (Å²) in [6.07, 6.45) is 4.54. The molecule has 146 valence electrons. The Balaban J connectivity index is 2.28. The van der Waals surface area contributed by atoms with Crippen molar-refractivity contribution in [2.24, 2.45) is 7.05 Å². The minimum Gasteiger partial charge on any atom is -0.314 e. The zero-order chi connectivity index (χ0) is 19.9. The molecule has 3 rings (SSSR count). The lowest BCUT2D eigenvalue weighted by molar-refractivity contribution is -0.117. The quantitative estimate of drug-likeness (QED) is 0.593. The topological polar surface area (TPSA) is 83.3 Å². The maximum atomic E-state index is 13.0. The van der Waals surface area contributed by atoms with Crippen molar-refractivity contribution in [1.29, 1.82) is 0 Å². The highest BCUT2D eigenvalue weighted by Crippen LogP contribution is 2.21. The zero-order valence-corrected chi connectivity index (χ0v) is 16.7. The van der Waals surface area contributed by atoms with Crippen molar-refractivity contribution in [2.45, 2.75) is 66.5 Å². The molecule has 0 bridgehead atoms. The van der Waals surface area contributed by atoms with Gasteiger partial charge in [0.25, 0.3) is 5.56 Å². The van der Waals surface area contributed by atoms with E-state index in [1.165, 1.54) is 24.3 Å². The highest BCUT2D eigenvalue weighted by molar-refractivity contribution is 5.78. The van der Waals surface area contributed by atoms with Gasteiger partial charge in [-0.1, -0.05) is 26.2 Å². The number of hydrogen-bond donors (Lipinski definition) is 0. The van der Waals surface area contributed by atoms with Gasteiger partial charge in [0.1, 0.15) is 5.78 Å². The van der Waals surface area contributed by atoms with E-state index < -0.39 is 11.2 Å². The van der Waals surface area contributed by atoms with Gasteiger partial charge >= 0.3 is 5.69 Å². The van der Waals surface area contributed by atoms with Crippen LogP contribution in [0.25, 0.3) is 16.9 Å². The van der Waals surface area contributed by atoms with E-state index in [2.05, 4.69) is 16.5 Å². The Morgan fingerprint density at radius 3 is 2.37 bits per heavy atom. The molecule has 0 aliphatic carbocycles. The van der Waals surface area contributed by atoms with Crippen LogP contribution in [0.2, 0.25) is 0 Å². The maximum absolute atomic E-state index is 13.0. The number of aryl methyl sites for hydroxylation is 3. The second-order valence-corrected chi connectivity index (χ2v) is 7.24. The molecule has 0 aromatic carbocycles. The minimum atomic E-state index is -0.521. The molecular weight excluding hydrogens is 346 g/mol. The number of rotatable bonds is 7. The molecule has 0 N–H and O–H groups in total. The van der Waals surface area contributed by atoms with Crippen LogP contribution in [0.4, 0.5) is 0 Å². The van der Waals surface area contributed by atoms with E-state index in [9.17, 15) is 14.4 Å². The van der Waals surface area contributed by atoms with Gasteiger partial charge in [-0.05, 0) is 27.2 Å². The molecule has 0 unspecified atom stereocenters. The van der Waals surface area contributed by atoms with Crippen LogP contribution >= 0.6 is 0 Å². The Labute approximate surface area is 157 Å². The summed E-state index contributed by atoms with van der Waals surface area (Å²) in [5, 5.41) is 0. The van der Waals surface area contributed by atoms with Gasteiger partial charge in [0.15, 0.2) is 11.2 Å². The number of fused-ring (bicyclic) bond motifs is 3. The lowest BCUT2D eigenvalue weighted by atomic mass is 10.2. The number of imidazole rings is 2. The van der Waals surface area contributed by atoms with Gasteiger partial charge in [-0.3, -0.25) is 23.1 Å². The molecule has 8 heteroatoms. The predicted molar refractivity (Wildman–Crippen MR) is 104 cm³/mol. The smallest absolute Gasteiger partial charge is 0.314 e. The van der Waals surface area contributed by atoms with Gasteiger partial charge in [0.2, 0.25) is 5.78 Å². The monoisotopic (exact) mass is 373 g/mol. The average molecular weight is 373 g/mol. The number of nitrogens with zero attached hydrogens (tertiary/aromatic N) is 5. The summed E-state index contributed by atoms with van der Waals surface area (Å²) < 4.78 is 6.28. The van der Waals surface area contributed by atoms with E-state index >= 15 is 0 Å². The van der Waals surface area contributed by atoms with Crippen molar-refractivity contribution < 1.29 is 4.79 Å². The van der Waals surface area contributed by atoms with Crippen LogP contribution in [0.15, 0.2) is 9.59 Å².